The molecule has 0 unspecified atom stereocenters. The van der Waals surface area contributed by atoms with Crippen LogP contribution < -0.4 is 9.47 Å². The van der Waals surface area contributed by atoms with Gasteiger partial charge in [0.25, 0.3) is 0 Å². The molecule has 0 fully saturated rings. The Labute approximate surface area is 180 Å². The zero-order chi connectivity index (χ0) is 20.8. The first-order valence-electron chi connectivity index (χ1n) is 9.79. The van der Waals surface area contributed by atoms with Crippen LogP contribution in [0.15, 0.2) is 59.1 Å². The fourth-order valence-electron chi connectivity index (χ4n) is 3.04. The number of hydrogen-bond donors (Lipinski definition) is 0. The molecule has 0 aliphatic heterocycles. The van der Waals surface area contributed by atoms with E-state index >= 15 is 0 Å². The number of benzene rings is 3. The minimum absolute atomic E-state index is 0.0826. The van der Waals surface area contributed by atoms with Crippen LogP contribution in [0.3, 0.4) is 0 Å². The second-order valence-corrected chi connectivity index (χ2v) is 7.69. The lowest BCUT2D eigenvalue weighted by Crippen LogP contribution is -2.11. The summed E-state index contributed by atoms with van der Waals surface area (Å²) in [6, 6.07) is 20.4. The van der Waals surface area contributed by atoms with Crippen LogP contribution in [0.5, 0.6) is 11.5 Å². The van der Waals surface area contributed by atoms with E-state index in [1.54, 1.807) is 0 Å². The molecule has 3 rings (SSSR count). The molecule has 0 aromatic heterocycles. The predicted molar refractivity (Wildman–Crippen MR) is 123 cm³/mol. The first-order valence-corrected chi connectivity index (χ1v) is 10.6. The highest BCUT2D eigenvalue weighted by Gasteiger charge is 2.15. The first-order chi connectivity index (χ1) is 14.0. The molecule has 148 valence electrons. The molecule has 0 aliphatic carbocycles. The van der Waals surface area contributed by atoms with Crippen LogP contribution in [-0.2, 0) is 0 Å². The van der Waals surface area contributed by atoms with Crippen molar-refractivity contribution in [3.05, 3.63) is 70.2 Å². The lowest BCUT2D eigenvalue weighted by atomic mass is 10.00. The summed E-state index contributed by atoms with van der Waals surface area (Å²) in [5.41, 5.74) is 2.36. The SMILES string of the molecule is CCOc1cc(/C=C(/C#N)c2ccc3ccccc3c2)cc(Br)c1O[C@H](C)CC. The van der Waals surface area contributed by atoms with Crippen LogP contribution in [-0.4, -0.2) is 12.7 Å². The lowest BCUT2D eigenvalue weighted by Gasteiger charge is -2.18. The highest BCUT2D eigenvalue weighted by molar-refractivity contribution is 9.10. The molecular weight excluding hydrogens is 426 g/mol. The monoisotopic (exact) mass is 449 g/mol. The van der Waals surface area contributed by atoms with Crippen molar-refractivity contribution in [3.8, 4) is 17.6 Å². The highest BCUT2D eigenvalue weighted by atomic mass is 79.9. The molecule has 3 aromatic rings. The van der Waals surface area contributed by atoms with Crippen LogP contribution in [0.2, 0.25) is 0 Å². The number of hydrogen-bond acceptors (Lipinski definition) is 3. The Balaban J connectivity index is 2.03. The zero-order valence-corrected chi connectivity index (χ0v) is 18.5. The minimum atomic E-state index is 0.0826. The van der Waals surface area contributed by atoms with Gasteiger partial charge >= 0.3 is 0 Å². The molecule has 0 heterocycles. The van der Waals surface area contributed by atoms with Gasteiger partial charge in [-0.2, -0.15) is 5.26 Å². The number of nitriles is 1. The molecule has 3 aromatic carbocycles. The van der Waals surface area contributed by atoms with Crippen LogP contribution in [0.25, 0.3) is 22.4 Å². The predicted octanol–water partition coefficient (Wildman–Crippen LogP) is 7.24. The summed E-state index contributed by atoms with van der Waals surface area (Å²) in [6.45, 7) is 6.59. The Morgan fingerprint density at radius 3 is 2.55 bits per heavy atom. The molecular formula is C25H24BrNO2. The van der Waals surface area contributed by atoms with Gasteiger partial charge in [-0.25, -0.2) is 0 Å². The van der Waals surface area contributed by atoms with Gasteiger partial charge in [-0.05, 0) is 82.4 Å². The Hall–Kier alpha value is -2.77. The van der Waals surface area contributed by atoms with Crippen molar-refractivity contribution in [2.24, 2.45) is 0 Å². The van der Waals surface area contributed by atoms with Gasteiger partial charge in [0.2, 0.25) is 0 Å². The largest absolute Gasteiger partial charge is 0.490 e. The average Bonchev–Trinajstić information content (AvgIpc) is 2.74. The molecule has 0 aliphatic rings. The van der Waals surface area contributed by atoms with E-state index in [0.29, 0.717) is 23.7 Å². The molecule has 0 N–H and O–H groups in total. The molecule has 3 nitrogen and oxygen atoms in total. The quantitative estimate of drug-likeness (QED) is 0.281. The number of allylic oxidation sites excluding steroid dienone is 1. The van der Waals surface area contributed by atoms with Gasteiger partial charge in [0.1, 0.15) is 0 Å². The second kappa shape index (κ2) is 9.62. The van der Waals surface area contributed by atoms with Crippen LogP contribution >= 0.6 is 15.9 Å². The maximum atomic E-state index is 9.77. The van der Waals surface area contributed by atoms with Crippen LogP contribution in [0.4, 0.5) is 0 Å². The van der Waals surface area contributed by atoms with E-state index in [1.807, 2.05) is 62.4 Å². The molecule has 0 saturated heterocycles. The smallest absolute Gasteiger partial charge is 0.175 e. The van der Waals surface area contributed by atoms with E-state index in [1.165, 1.54) is 0 Å². The second-order valence-electron chi connectivity index (χ2n) is 6.83. The van der Waals surface area contributed by atoms with Crippen LogP contribution in [0, 0.1) is 11.3 Å². The van der Waals surface area contributed by atoms with Gasteiger partial charge in [0.15, 0.2) is 11.5 Å². The van der Waals surface area contributed by atoms with Crippen molar-refractivity contribution in [1.82, 2.24) is 0 Å². The lowest BCUT2D eigenvalue weighted by molar-refractivity contribution is 0.202. The average molecular weight is 450 g/mol. The highest BCUT2D eigenvalue weighted by Crippen LogP contribution is 2.39. The van der Waals surface area contributed by atoms with Gasteiger partial charge in [-0.15, -0.1) is 0 Å². The number of nitrogens with zero attached hydrogens (tertiary/aromatic N) is 1. The third kappa shape index (κ3) is 4.99. The number of rotatable bonds is 7. The molecule has 1 atom stereocenters. The number of halogens is 1. The fourth-order valence-corrected chi connectivity index (χ4v) is 3.59. The molecule has 0 bridgehead atoms. The molecule has 0 amide bonds. The summed E-state index contributed by atoms with van der Waals surface area (Å²) in [7, 11) is 0. The summed E-state index contributed by atoms with van der Waals surface area (Å²) in [5.74, 6) is 1.37. The Bertz CT molecular complexity index is 1080. The van der Waals surface area contributed by atoms with E-state index in [2.05, 4.69) is 41.1 Å². The molecule has 0 saturated carbocycles. The molecule has 0 radical (unpaired) electrons. The van der Waals surface area contributed by atoms with Crippen molar-refractivity contribution in [2.75, 3.05) is 6.61 Å². The van der Waals surface area contributed by atoms with Gasteiger partial charge < -0.3 is 9.47 Å². The molecule has 29 heavy (non-hydrogen) atoms. The zero-order valence-electron chi connectivity index (χ0n) is 16.9. The van der Waals surface area contributed by atoms with E-state index in [-0.39, 0.29) is 6.10 Å². The summed E-state index contributed by atoms with van der Waals surface area (Å²) in [5, 5.41) is 12.0. The summed E-state index contributed by atoms with van der Waals surface area (Å²) >= 11 is 3.61. The number of ether oxygens (including phenoxy) is 2. The van der Waals surface area contributed by atoms with Crippen LogP contribution in [0.1, 0.15) is 38.3 Å². The third-order valence-corrected chi connectivity index (χ3v) is 5.31. The van der Waals surface area contributed by atoms with Crippen molar-refractivity contribution >= 4 is 38.4 Å². The third-order valence-electron chi connectivity index (χ3n) is 4.72. The van der Waals surface area contributed by atoms with E-state index in [4.69, 9.17) is 9.47 Å². The van der Waals surface area contributed by atoms with Gasteiger partial charge in [-0.3, -0.25) is 0 Å². The van der Waals surface area contributed by atoms with Gasteiger partial charge in [0.05, 0.1) is 28.8 Å². The topological polar surface area (TPSA) is 42.2 Å². The number of fused-ring (bicyclic) bond motifs is 1. The maximum Gasteiger partial charge on any atom is 0.175 e. The Kier molecular flexibility index (Phi) is 6.95. The summed E-state index contributed by atoms with van der Waals surface area (Å²) < 4.78 is 12.7. The van der Waals surface area contributed by atoms with E-state index < -0.39 is 0 Å². The summed E-state index contributed by atoms with van der Waals surface area (Å²) in [6.07, 6.45) is 2.86. The molecule has 0 spiro atoms. The Morgan fingerprint density at radius 2 is 1.86 bits per heavy atom. The van der Waals surface area contributed by atoms with Crippen molar-refractivity contribution in [1.29, 1.82) is 5.26 Å². The first kappa shape index (κ1) is 21.0. The van der Waals surface area contributed by atoms with Gasteiger partial charge in [-0.1, -0.05) is 43.3 Å². The van der Waals surface area contributed by atoms with Crippen molar-refractivity contribution < 1.29 is 9.47 Å². The Morgan fingerprint density at radius 1 is 1.10 bits per heavy atom. The minimum Gasteiger partial charge on any atom is -0.490 e. The van der Waals surface area contributed by atoms with Crippen molar-refractivity contribution in [3.63, 3.8) is 0 Å². The van der Waals surface area contributed by atoms with E-state index in [9.17, 15) is 5.26 Å². The standard InChI is InChI=1S/C25H24BrNO2/c1-4-17(3)29-25-23(26)13-18(14-24(25)28-5-2)12-22(16-27)21-11-10-19-8-6-7-9-20(19)15-21/h6-15,17H,4-5H2,1-3H3/b22-12-/t17-/m1/s1. The summed E-state index contributed by atoms with van der Waals surface area (Å²) in [4.78, 5) is 0. The van der Waals surface area contributed by atoms with Gasteiger partial charge in [0, 0.05) is 0 Å². The maximum absolute atomic E-state index is 9.77. The fraction of sp³-hybridized carbons (Fsp3) is 0.240. The normalized spacial score (nSPS) is 12.4. The molecule has 4 heteroatoms. The van der Waals surface area contributed by atoms with E-state index in [0.717, 1.165) is 32.8 Å². The van der Waals surface area contributed by atoms with Crippen molar-refractivity contribution in [2.45, 2.75) is 33.3 Å².